The fraction of sp³-hybridized carbons (Fsp3) is 0.154. The minimum Gasteiger partial charge on any atom is -0.481 e. The Kier molecular flexibility index (Phi) is 4.39. The van der Waals surface area contributed by atoms with Gasteiger partial charge in [-0.25, -0.2) is 4.98 Å². The molecule has 0 saturated carbocycles. The maximum atomic E-state index is 12.3. The first-order chi connectivity index (χ1) is 9.11. The molecule has 0 fully saturated rings. The van der Waals surface area contributed by atoms with Crippen LogP contribution in [0.25, 0.3) is 0 Å². The second kappa shape index (κ2) is 6.04. The Hall–Kier alpha value is -1.59. The van der Waals surface area contributed by atoms with Crippen LogP contribution in [0.15, 0.2) is 41.4 Å². The average Bonchev–Trinajstić information content (AvgIpc) is 2.42. The molecule has 1 aromatic heterocycles. The summed E-state index contributed by atoms with van der Waals surface area (Å²) in [6, 6.07) is 8.54. The number of nitrogen functional groups attached to an aromatic ring is 1. The molecule has 0 saturated heterocycles. The van der Waals surface area contributed by atoms with Crippen molar-refractivity contribution in [2.45, 2.75) is 10.6 Å². The minimum absolute atomic E-state index is 0.279. The second-order valence-corrected chi connectivity index (χ2v) is 5.70. The van der Waals surface area contributed by atoms with E-state index in [1.807, 2.05) is 6.07 Å². The Morgan fingerprint density at radius 3 is 2.95 bits per heavy atom. The summed E-state index contributed by atoms with van der Waals surface area (Å²) in [5.74, 6) is 0.748. The minimum atomic E-state index is -1.30. The van der Waals surface area contributed by atoms with E-state index in [0.29, 0.717) is 21.5 Å². The van der Waals surface area contributed by atoms with Gasteiger partial charge in [-0.2, -0.15) is 0 Å². The van der Waals surface area contributed by atoms with Gasteiger partial charge in [-0.3, -0.25) is 4.21 Å². The largest absolute Gasteiger partial charge is 0.481 e. The number of anilines is 1. The van der Waals surface area contributed by atoms with Gasteiger partial charge < -0.3 is 10.5 Å². The van der Waals surface area contributed by atoms with Gasteiger partial charge in [-0.1, -0.05) is 17.7 Å². The van der Waals surface area contributed by atoms with E-state index in [-0.39, 0.29) is 5.75 Å². The van der Waals surface area contributed by atoms with E-state index in [4.69, 9.17) is 22.1 Å². The Labute approximate surface area is 119 Å². The highest BCUT2D eigenvalue weighted by molar-refractivity contribution is 7.84. The van der Waals surface area contributed by atoms with Crippen LogP contribution in [0, 0.1) is 0 Å². The van der Waals surface area contributed by atoms with Crippen molar-refractivity contribution in [1.29, 1.82) is 0 Å². The highest BCUT2D eigenvalue weighted by Gasteiger charge is 2.13. The molecule has 0 spiro atoms. The van der Waals surface area contributed by atoms with Crippen LogP contribution in [0.2, 0.25) is 5.02 Å². The number of ether oxygens (including phenoxy) is 1. The molecule has 0 aliphatic heterocycles. The molecule has 1 atom stereocenters. The van der Waals surface area contributed by atoms with Crippen LogP contribution in [0.4, 0.5) is 5.69 Å². The number of benzene rings is 1. The van der Waals surface area contributed by atoms with Crippen molar-refractivity contribution in [2.24, 2.45) is 0 Å². The molecular formula is C13H13ClN2O2S. The number of halogens is 1. The van der Waals surface area contributed by atoms with Crippen molar-refractivity contribution < 1.29 is 8.95 Å². The first kappa shape index (κ1) is 13.8. The number of aromatic nitrogens is 1. The van der Waals surface area contributed by atoms with Crippen LogP contribution >= 0.6 is 11.6 Å². The molecule has 0 radical (unpaired) electrons. The molecule has 100 valence electrons. The van der Waals surface area contributed by atoms with Gasteiger partial charge in [0, 0.05) is 22.5 Å². The number of nitrogens with zero attached hydrogens (tertiary/aromatic N) is 1. The van der Waals surface area contributed by atoms with Crippen LogP contribution in [0.3, 0.4) is 0 Å². The van der Waals surface area contributed by atoms with Crippen molar-refractivity contribution in [3.63, 3.8) is 0 Å². The van der Waals surface area contributed by atoms with E-state index in [2.05, 4.69) is 4.98 Å². The van der Waals surface area contributed by atoms with E-state index < -0.39 is 10.8 Å². The van der Waals surface area contributed by atoms with Gasteiger partial charge in [0.15, 0.2) is 0 Å². The molecule has 0 bridgehead atoms. The summed E-state index contributed by atoms with van der Waals surface area (Å²) in [6.45, 7) is 0. The molecule has 2 N–H and O–H groups in total. The van der Waals surface area contributed by atoms with Crippen LogP contribution < -0.4 is 10.5 Å². The maximum absolute atomic E-state index is 12.3. The van der Waals surface area contributed by atoms with E-state index in [1.54, 1.807) is 30.5 Å². The Bertz CT molecular complexity index is 619. The van der Waals surface area contributed by atoms with Crippen molar-refractivity contribution in [3.05, 3.63) is 47.1 Å². The lowest BCUT2D eigenvalue weighted by Crippen LogP contribution is -2.03. The quantitative estimate of drug-likeness (QED) is 0.881. The highest BCUT2D eigenvalue weighted by Crippen LogP contribution is 2.25. The van der Waals surface area contributed by atoms with E-state index in [1.165, 1.54) is 7.11 Å². The number of pyridine rings is 1. The fourth-order valence-corrected chi connectivity index (χ4v) is 3.13. The Morgan fingerprint density at radius 1 is 1.42 bits per heavy atom. The number of methoxy groups -OCH3 is 1. The van der Waals surface area contributed by atoms with Gasteiger partial charge in [-0.15, -0.1) is 0 Å². The third-order valence-electron chi connectivity index (χ3n) is 2.55. The summed E-state index contributed by atoms with van der Waals surface area (Å²) in [4.78, 5) is 4.60. The van der Waals surface area contributed by atoms with Crippen LogP contribution in [0.5, 0.6) is 5.88 Å². The number of hydrogen-bond donors (Lipinski definition) is 1. The SMILES string of the molecule is COc1ncccc1CS(=O)c1cc(Cl)ccc1N. The third kappa shape index (κ3) is 3.24. The first-order valence-corrected chi connectivity index (χ1v) is 7.23. The first-order valence-electron chi connectivity index (χ1n) is 5.53. The van der Waals surface area contributed by atoms with E-state index in [9.17, 15) is 4.21 Å². The van der Waals surface area contributed by atoms with E-state index >= 15 is 0 Å². The third-order valence-corrected chi connectivity index (χ3v) is 4.20. The molecule has 1 heterocycles. The Morgan fingerprint density at radius 2 is 2.21 bits per heavy atom. The predicted molar refractivity (Wildman–Crippen MR) is 76.8 cm³/mol. The van der Waals surface area contributed by atoms with Crippen molar-refractivity contribution in [1.82, 2.24) is 4.98 Å². The monoisotopic (exact) mass is 296 g/mol. The number of hydrogen-bond acceptors (Lipinski definition) is 4. The van der Waals surface area contributed by atoms with Gasteiger partial charge >= 0.3 is 0 Å². The summed E-state index contributed by atoms with van der Waals surface area (Å²) < 4.78 is 17.5. The average molecular weight is 297 g/mol. The maximum Gasteiger partial charge on any atom is 0.217 e. The summed E-state index contributed by atoms with van der Waals surface area (Å²) in [6.07, 6.45) is 1.62. The summed E-state index contributed by atoms with van der Waals surface area (Å²) in [7, 11) is 0.233. The lowest BCUT2D eigenvalue weighted by molar-refractivity contribution is 0.394. The molecule has 1 aromatic carbocycles. The molecule has 1 unspecified atom stereocenters. The molecule has 2 rings (SSSR count). The van der Waals surface area contributed by atoms with Crippen molar-refractivity contribution in [3.8, 4) is 5.88 Å². The zero-order chi connectivity index (χ0) is 13.8. The lowest BCUT2D eigenvalue weighted by atomic mass is 10.3. The van der Waals surface area contributed by atoms with Gasteiger partial charge in [0.2, 0.25) is 5.88 Å². The molecule has 19 heavy (non-hydrogen) atoms. The number of rotatable bonds is 4. The molecule has 0 amide bonds. The molecule has 6 heteroatoms. The molecule has 4 nitrogen and oxygen atoms in total. The van der Waals surface area contributed by atoms with Crippen LogP contribution in [-0.2, 0) is 16.6 Å². The molecule has 2 aromatic rings. The molecular weight excluding hydrogens is 284 g/mol. The fourth-order valence-electron chi connectivity index (χ4n) is 1.64. The topological polar surface area (TPSA) is 65.2 Å². The van der Waals surface area contributed by atoms with Gasteiger partial charge in [0.25, 0.3) is 0 Å². The summed E-state index contributed by atoms with van der Waals surface area (Å²) >= 11 is 5.90. The van der Waals surface area contributed by atoms with Crippen molar-refractivity contribution in [2.75, 3.05) is 12.8 Å². The number of nitrogens with two attached hydrogens (primary N) is 1. The lowest BCUT2D eigenvalue weighted by Gasteiger charge is -2.08. The highest BCUT2D eigenvalue weighted by atomic mass is 35.5. The van der Waals surface area contributed by atoms with Gasteiger partial charge in [-0.05, 0) is 24.3 Å². The summed E-state index contributed by atoms with van der Waals surface area (Å²) in [5.41, 5.74) is 7.05. The standard InChI is InChI=1S/C13H13ClN2O2S/c1-18-13-9(3-2-6-16-13)8-19(17)12-7-10(14)4-5-11(12)15/h2-7H,8,15H2,1H3. The van der Waals surface area contributed by atoms with Crippen LogP contribution in [0.1, 0.15) is 5.56 Å². The van der Waals surface area contributed by atoms with Gasteiger partial charge in [0.05, 0.1) is 28.6 Å². The molecule has 0 aliphatic rings. The van der Waals surface area contributed by atoms with E-state index in [0.717, 1.165) is 5.56 Å². The Balaban J connectivity index is 2.28. The summed E-state index contributed by atoms with van der Waals surface area (Å²) in [5, 5.41) is 0.510. The molecule has 0 aliphatic carbocycles. The zero-order valence-corrected chi connectivity index (χ0v) is 11.9. The van der Waals surface area contributed by atoms with Gasteiger partial charge in [0.1, 0.15) is 0 Å². The van der Waals surface area contributed by atoms with Crippen LogP contribution in [-0.4, -0.2) is 16.3 Å². The normalized spacial score (nSPS) is 12.1. The smallest absolute Gasteiger partial charge is 0.217 e. The zero-order valence-electron chi connectivity index (χ0n) is 10.3. The second-order valence-electron chi connectivity index (χ2n) is 3.84. The predicted octanol–water partition coefficient (Wildman–Crippen LogP) is 2.63. The van der Waals surface area contributed by atoms with Crippen molar-refractivity contribution >= 4 is 28.1 Å².